The van der Waals surface area contributed by atoms with E-state index >= 15 is 0 Å². The van der Waals surface area contributed by atoms with Crippen LogP contribution in [0.1, 0.15) is 41.6 Å². The molecule has 0 spiro atoms. The van der Waals surface area contributed by atoms with Crippen molar-refractivity contribution in [1.29, 1.82) is 0 Å². The Morgan fingerprint density at radius 3 is 2.65 bits per heavy atom. The van der Waals surface area contributed by atoms with E-state index in [9.17, 15) is 9.18 Å². The van der Waals surface area contributed by atoms with Crippen molar-refractivity contribution in [3.8, 4) is 0 Å². The van der Waals surface area contributed by atoms with Crippen LogP contribution in [0.4, 0.5) is 4.39 Å². The number of rotatable bonds is 7. The van der Waals surface area contributed by atoms with Crippen molar-refractivity contribution >= 4 is 11.9 Å². The average molecular weight is 358 g/mol. The number of halogens is 1. The van der Waals surface area contributed by atoms with E-state index in [4.69, 9.17) is 10.2 Å². The third-order valence-electron chi connectivity index (χ3n) is 4.53. The molecule has 1 aromatic heterocycles. The van der Waals surface area contributed by atoms with Crippen molar-refractivity contribution < 1.29 is 13.6 Å². The molecular formula is C19H23FN4O2. The highest BCUT2D eigenvalue weighted by molar-refractivity contribution is 5.89. The number of nitrogens with one attached hydrogen (secondary N) is 2. The van der Waals surface area contributed by atoms with E-state index in [2.05, 4.69) is 15.6 Å². The van der Waals surface area contributed by atoms with E-state index < -0.39 is 5.91 Å². The molecule has 2 aromatic rings. The van der Waals surface area contributed by atoms with Gasteiger partial charge in [0.15, 0.2) is 11.7 Å². The molecule has 0 bridgehead atoms. The molecule has 0 unspecified atom stereocenters. The van der Waals surface area contributed by atoms with Gasteiger partial charge < -0.3 is 20.8 Å². The number of furan rings is 1. The van der Waals surface area contributed by atoms with Gasteiger partial charge in [0.05, 0.1) is 0 Å². The number of guanidine groups is 1. The SMILES string of the molecule is CCNC(=NCc1ccc(C(N)=O)o1)NCC1(c2ccccc2F)CC1. The first-order valence-electron chi connectivity index (χ1n) is 8.70. The van der Waals surface area contributed by atoms with E-state index in [-0.39, 0.29) is 23.5 Å². The molecule has 0 atom stereocenters. The monoisotopic (exact) mass is 358 g/mol. The van der Waals surface area contributed by atoms with Gasteiger partial charge in [0.1, 0.15) is 18.1 Å². The van der Waals surface area contributed by atoms with E-state index in [0.717, 1.165) is 18.4 Å². The number of aliphatic imine (C=N–C) groups is 1. The minimum absolute atomic E-state index is 0.115. The van der Waals surface area contributed by atoms with Crippen LogP contribution < -0.4 is 16.4 Å². The number of amides is 1. The fraction of sp³-hybridized carbons (Fsp3) is 0.368. The lowest BCUT2D eigenvalue weighted by Crippen LogP contribution is -2.41. The molecule has 6 nitrogen and oxygen atoms in total. The Morgan fingerprint density at radius 1 is 1.27 bits per heavy atom. The lowest BCUT2D eigenvalue weighted by Gasteiger charge is -2.19. The number of primary amides is 1. The van der Waals surface area contributed by atoms with Crippen molar-refractivity contribution in [3.05, 3.63) is 59.3 Å². The smallest absolute Gasteiger partial charge is 0.284 e. The number of carbonyl (C=O) groups is 1. The standard InChI is InChI=1S/C19H23FN4O2/c1-2-22-18(23-11-13-7-8-16(26-13)17(21)25)24-12-19(9-10-19)14-5-3-4-6-15(14)20/h3-8H,2,9-12H2,1H3,(H2,21,25)(H2,22,23,24). The van der Waals surface area contributed by atoms with Crippen molar-refractivity contribution in [2.24, 2.45) is 10.7 Å². The number of hydrogen-bond donors (Lipinski definition) is 3. The predicted octanol–water partition coefficient (Wildman–Crippen LogP) is 2.30. The normalized spacial score (nSPS) is 15.5. The van der Waals surface area contributed by atoms with Gasteiger partial charge in [-0.15, -0.1) is 0 Å². The fourth-order valence-electron chi connectivity index (χ4n) is 2.93. The van der Waals surface area contributed by atoms with E-state index in [0.29, 0.717) is 24.8 Å². The molecule has 7 heteroatoms. The second-order valence-corrected chi connectivity index (χ2v) is 6.44. The molecule has 1 aliphatic rings. The van der Waals surface area contributed by atoms with Gasteiger partial charge in [0.25, 0.3) is 5.91 Å². The highest BCUT2D eigenvalue weighted by Crippen LogP contribution is 2.48. The summed E-state index contributed by atoms with van der Waals surface area (Å²) in [5.74, 6) is 0.511. The fourth-order valence-corrected chi connectivity index (χ4v) is 2.93. The first-order chi connectivity index (χ1) is 12.5. The summed E-state index contributed by atoms with van der Waals surface area (Å²) in [4.78, 5) is 15.5. The lowest BCUT2D eigenvalue weighted by molar-refractivity contribution is 0.0972. The van der Waals surface area contributed by atoms with Crippen LogP contribution in [-0.4, -0.2) is 25.0 Å². The number of carbonyl (C=O) groups excluding carboxylic acids is 1. The van der Waals surface area contributed by atoms with Crippen LogP contribution in [0.3, 0.4) is 0 Å². The molecule has 4 N–H and O–H groups in total. The molecule has 1 heterocycles. The second-order valence-electron chi connectivity index (χ2n) is 6.44. The molecular weight excluding hydrogens is 335 g/mol. The van der Waals surface area contributed by atoms with E-state index in [1.807, 2.05) is 19.1 Å². The van der Waals surface area contributed by atoms with Crippen LogP contribution in [0.2, 0.25) is 0 Å². The summed E-state index contributed by atoms with van der Waals surface area (Å²) in [5.41, 5.74) is 5.75. The zero-order valence-electron chi connectivity index (χ0n) is 14.7. The maximum atomic E-state index is 14.1. The third kappa shape index (κ3) is 4.04. The maximum absolute atomic E-state index is 14.1. The maximum Gasteiger partial charge on any atom is 0.284 e. The van der Waals surface area contributed by atoms with E-state index in [1.165, 1.54) is 12.1 Å². The molecule has 1 fully saturated rings. The molecule has 26 heavy (non-hydrogen) atoms. The predicted molar refractivity (Wildman–Crippen MR) is 97.4 cm³/mol. The quantitative estimate of drug-likeness (QED) is 0.523. The molecule has 0 radical (unpaired) electrons. The summed E-state index contributed by atoms with van der Waals surface area (Å²) in [7, 11) is 0. The molecule has 1 saturated carbocycles. The number of nitrogens with zero attached hydrogens (tertiary/aromatic N) is 1. The molecule has 138 valence electrons. The minimum atomic E-state index is -0.606. The molecule has 1 aliphatic carbocycles. The number of benzene rings is 1. The minimum Gasteiger partial charge on any atom is -0.454 e. The largest absolute Gasteiger partial charge is 0.454 e. The van der Waals surface area contributed by atoms with Crippen LogP contribution in [0.15, 0.2) is 45.8 Å². The molecule has 3 rings (SSSR count). The second kappa shape index (κ2) is 7.59. The summed E-state index contributed by atoms with van der Waals surface area (Å²) in [6, 6.07) is 10.1. The van der Waals surface area contributed by atoms with Crippen molar-refractivity contribution in [2.75, 3.05) is 13.1 Å². The lowest BCUT2D eigenvalue weighted by atomic mass is 9.95. The third-order valence-corrected chi connectivity index (χ3v) is 4.53. The topological polar surface area (TPSA) is 92.6 Å². The number of hydrogen-bond acceptors (Lipinski definition) is 3. The Bertz CT molecular complexity index is 811. The van der Waals surface area contributed by atoms with Crippen molar-refractivity contribution in [1.82, 2.24) is 10.6 Å². The highest BCUT2D eigenvalue weighted by atomic mass is 19.1. The van der Waals surface area contributed by atoms with Crippen molar-refractivity contribution in [2.45, 2.75) is 31.7 Å². The summed E-state index contributed by atoms with van der Waals surface area (Å²) in [6.07, 6.45) is 1.89. The Morgan fingerprint density at radius 2 is 2.04 bits per heavy atom. The summed E-state index contributed by atoms with van der Waals surface area (Å²) >= 11 is 0. The zero-order chi connectivity index (χ0) is 18.6. The molecule has 1 amide bonds. The molecule has 0 aliphatic heterocycles. The van der Waals surface area contributed by atoms with E-state index in [1.54, 1.807) is 12.1 Å². The van der Waals surface area contributed by atoms with Crippen LogP contribution >= 0.6 is 0 Å². The summed E-state index contributed by atoms with van der Waals surface area (Å²) in [6.45, 7) is 3.54. The molecule has 0 saturated heterocycles. The first-order valence-corrected chi connectivity index (χ1v) is 8.70. The first kappa shape index (κ1) is 18.0. The summed E-state index contributed by atoms with van der Waals surface area (Å²) in [5, 5.41) is 6.45. The Labute approximate surface area is 151 Å². The van der Waals surface area contributed by atoms with Gasteiger partial charge in [0.2, 0.25) is 0 Å². The van der Waals surface area contributed by atoms with Gasteiger partial charge in [-0.3, -0.25) is 4.79 Å². The van der Waals surface area contributed by atoms with Crippen LogP contribution in [0.25, 0.3) is 0 Å². The highest BCUT2D eigenvalue weighted by Gasteiger charge is 2.45. The Kier molecular flexibility index (Phi) is 5.25. The van der Waals surface area contributed by atoms with Gasteiger partial charge in [-0.2, -0.15) is 0 Å². The Hall–Kier alpha value is -2.83. The zero-order valence-corrected chi connectivity index (χ0v) is 14.7. The van der Waals surface area contributed by atoms with Gasteiger partial charge >= 0.3 is 0 Å². The molecule has 1 aromatic carbocycles. The van der Waals surface area contributed by atoms with Gasteiger partial charge in [0, 0.05) is 18.5 Å². The van der Waals surface area contributed by atoms with Gasteiger partial charge in [-0.05, 0) is 43.5 Å². The average Bonchev–Trinajstić information content (AvgIpc) is 3.25. The van der Waals surface area contributed by atoms with Crippen LogP contribution in [0.5, 0.6) is 0 Å². The van der Waals surface area contributed by atoms with Gasteiger partial charge in [-0.25, -0.2) is 9.38 Å². The van der Waals surface area contributed by atoms with Gasteiger partial charge in [-0.1, -0.05) is 18.2 Å². The van der Waals surface area contributed by atoms with Crippen LogP contribution in [-0.2, 0) is 12.0 Å². The summed E-state index contributed by atoms with van der Waals surface area (Å²) < 4.78 is 19.4. The Balaban J connectivity index is 1.65. The van der Waals surface area contributed by atoms with Crippen LogP contribution in [0, 0.1) is 5.82 Å². The number of nitrogens with two attached hydrogens (primary N) is 1. The van der Waals surface area contributed by atoms with Crippen molar-refractivity contribution in [3.63, 3.8) is 0 Å².